The van der Waals surface area contributed by atoms with Crippen molar-refractivity contribution in [2.45, 2.75) is 24.2 Å². The summed E-state index contributed by atoms with van der Waals surface area (Å²) in [4.78, 5) is 18.4. The van der Waals surface area contributed by atoms with Crippen LogP contribution in [0.3, 0.4) is 0 Å². The van der Waals surface area contributed by atoms with Crippen LogP contribution >= 0.6 is 22.6 Å². The van der Waals surface area contributed by atoms with Gasteiger partial charge in [0.25, 0.3) is 0 Å². The monoisotopic (exact) mass is 606 g/mol. The normalized spacial score (nSPS) is 12.9. The number of aryl methyl sites for hydroxylation is 1. The molecule has 33 heavy (non-hydrogen) atoms. The fraction of sp³-hybridized carbons (Fsp3) is 0.278. The Morgan fingerprint density at radius 2 is 1.79 bits per heavy atom. The Hall–Kier alpha value is -2.43. The zero-order valence-corrected chi connectivity index (χ0v) is 19.6. The summed E-state index contributed by atoms with van der Waals surface area (Å²) in [6.45, 7) is 1.31. The Labute approximate surface area is 196 Å². The summed E-state index contributed by atoms with van der Waals surface area (Å²) < 4.78 is 104. The summed E-state index contributed by atoms with van der Waals surface area (Å²) in [5.41, 5.74) is -1.59. The molecular formula is C18H13F6IN4O3S. The Kier molecular flexibility index (Phi) is 6.42. The van der Waals surface area contributed by atoms with E-state index in [1.807, 2.05) is 0 Å². The molecule has 0 radical (unpaired) electrons. The molecule has 0 spiro atoms. The second-order valence-electron chi connectivity index (χ2n) is 6.73. The third kappa shape index (κ3) is 4.92. The molecule has 0 saturated carbocycles. The average molecular weight is 606 g/mol. The number of carbonyl (C=O) groups is 1. The number of nitrogens with zero attached hydrogens (tertiary/aromatic N) is 3. The lowest BCUT2D eigenvalue weighted by Crippen LogP contribution is -2.30. The topological polar surface area (TPSA) is 93.9 Å². The van der Waals surface area contributed by atoms with E-state index in [9.17, 15) is 39.6 Å². The minimum absolute atomic E-state index is 0.0511. The molecule has 15 heteroatoms. The molecule has 3 aromatic rings. The summed E-state index contributed by atoms with van der Waals surface area (Å²) in [6, 6.07) is 2.77. The number of alkyl halides is 6. The Morgan fingerprint density at radius 1 is 1.15 bits per heavy atom. The SMILES string of the molecule is CCS(=O)(=O)c1cc(NC(=O)C(F)(F)F)c(I)cc1-c1nc2cc(C(F)(F)F)ncc2n1C. The van der Waals surface area contributed by atoms with Crippen LogP contribution in [0.25, 0.3) is 22.4 Å². The highest BCUT2D eigenvalue weighted by atomic mass is 127. The number of halogens is 7. The van der Waals surface area contributed by atoms with Gasteiger partial charge in [0.1, 0.15) is 11.5 Å². The number of fused-ring (bicyclic) bond motifs is 1. The van der Waals surface area contributed by atoms with Gasteiger partial charge in [0.2, 0.25) is 0 Å². The Balaban J connectivity index is 2.26. The number of nitrogens with one attached hydrogen (secondary N) is 1. The van der Waals surface area contributed by atoms with Crippen molar-refractivity contribution in [1.29, 1.82) is 0 Å². The van der Waals surface area contributed by atoms with E-state index < -0.39 is 50.1 Å². The van der Waals surface area contributed by atoms with Crippen LogP contribution in [-0.2, 0) is 27.9 Å². The van der Waals surface area contributed by atoms with E-state index in [1.54, 1.807) is 27.9 Å². The van der Waals surface area contributed by atoms with Crippen LogP contribution in [0.5, 0.6) is 0 Å². The average Bonchev–Trinajstić information content (AvgIpc) is 3.03. The second kappa shape index (κ2) is 8.41. The highest BCUT2D eigenvalue weighted by Gasteiger charge is 2.39. The van der Waals surface area contributed by atoms with Crippen molar-refractivity contribution < 1.29 is 39.6 Å². The van der Waals surface area contributed by atoms with Crippen LogP contribution in [-0.4, -0.2) is 40.8 Å². The number of hydrogen-bond acceptors (Lipinski definition) is 5. The van der Waals surface area contributed by atoms with Gasteiger partial charge in [-0.15, -0.1) is 0 Å². The van der Waals surface area contributed by atoms with Crippen molar-refractivity contribution in [3.63, 3.8) is 0 Å². The van der Waals surface area contributed by atoms with Gasteiger partial charge in [-0.2, -0.15) is 26.3 Å². The first-order valence-corrected chi connectivity index (χ1v) is 11.6. The molecule has 3 rings (SSSR count). The number of anilines is 1. The van der Waals surface area contributed by atoms with E-state index in [-0.39, 0.29) is 26.0 Å². The number of amides is 1. The van der Waals surface area contributed by atoms with Gasteiger partial charge in [-0.05, 0) is 40.8 Å². The predicted molar refractivity (Wildman–Crippen MR) is 114 cm³/mol. The molecule has 7 nitrogen and oxygen atoms in total. The lowest BCUT2D eigenvalue weighted by molar-refractivity contribution is -0.167. The number of imidazole rings is 1. The van der Waals surface area contributed by atoms with Gasteiger partial charge in [0.05, 0.1) is 33.6 Å². The second-order valence-corrected chi connectivity index (χ2v) is 10.1. The molecule has 0 bridgehead atoms. The molecule has 0 aliphatic heterocycles. The molecule has 0 saturated heterocycles. The van der Waals surface area contributed by atoms with E-state index in [4.69, 9.17) is 0 Å². The molecule has 1 N–H and O–H groups in total. The largest absolute Gasteiger partial charge is 0.471 e. The van der Waals surface area contributed by atoms with Gasteiger partial charge in [0, 0.05) is 16.2 Å². The lowest BCUT2D eigenvalue weighted by Gasteiger charge is -2.15. The minimum Gasteiger partial charge on any atom is -0.326 e. The molecular weight excluding hydrogens is 593 g/mol. The van der Waals surface area contributed by atoms with Gasteiger partial charge < -0.3 is 9.88 Å². The Bertz CT molecular complexity index is 1370. The van der Waals surface area contributed by atoms with Gasteiger partial charge >= 0.3 is 18.3 Å². The fourth-order valence-electron chi connectivity index (χ4n) is 2.91. The highest BCUT2D eigenvalue weighted by Crippen LogP contribution is 2.36. The van der Waals surface area contributed by atoms with Gasteiger partial charge in [0.15, 0.2) is 9.84 Å². The highest BCUT2D eigenvalue weighted by molar-refractivity contribution is 14.1. The summed E-state index contributed by atoms with van der Waals surface area (Å²) in [6.07, 6.45) is -8.99. The van der Waals surface area contributed by atoms with Crippen molar-refractivity contribution in [1.82, 2.24) is 14.5 Å². The van der Waals surface area contributed by atoms with E-state index in [0.29, 0.717) is 6.07 Å². The Morgan fingerprint density at radius 3 is 2.33 bits per heavy atom. The standard InChI is InChI=1S/C18H13F6IN4O3S/c1-3-33(31,32)13-5-10(28-16(30)18(22,23)24)9(25)4-8(13)15-27-11-6-14(17(19,20)21)26-7-12(11)29(15)2/h4-7H,3H2,1-2H3,(H,28,30). The van der Waals surface area contributed by atoms with Crippen molar-refractivity contribution in [2.75, 3.05) is 11.1 Å². The summed E-state index contributed by atoms with van der Waals surface area (Å²) in [5.74, 6) is -2.77. The fourth-order valence-corrected chi connectivity index (χ4v) is 4.61. The number of sulfone groups is 1. The minimum atomic E-state index is -5.20. The number of aromatic nitrogens is 3. The summed E-state index contributed by atoms with van der Waals surface area (Å²) in [5, 5.41) is 1.63. The molecule has 2 aromatic heterocycles. The predicted octanol–water partition coefficient (Wildman–Crippen LogP) is 4.55. The summed E-state index contributed by atoms with van der Waals surface area (Å²) in [7, 11) is -2.63. The maximum Gasteiger partial charge on any atom is 0.471 e. The van der Waals surface area contributed by atoms with Crippen LogP contribution in [0.4, 0.5) is 32.0 Å². The maximum absolute atomic E-state index is 13.0. The van der Waals surface area contributed by atoms with E-state index in [1.165, 1.54) is 24.6 Å². The molecule has 1 aromatic carbocycles. The van der Waals surface area contributed by atoms with Gasteiger partial charge in [-0.1, -0.05) is 6.92 Å². The first-order valence-electron chi connectivity index (χ1n) is 8.90. The molecule has 0 unspecified atom stereocenters. The molecule has 0 aliphatic carbocycles. The zero-order chi connectivity index (χ0) is 24.9. The van der Waals surface area contributed by atoms with Gasteiger partial charge in [-0.25, -0.2) is 18.4 Å². The number of pyridine rings is 1. The first kappa shape index (κ1) is 25.2. The third-order valence-corrected chi connectivity index (χ3v) is 7.25. The molecule has 178 valence electrons. The van der Waals surface area contributed by atoms with Crippen molar-refractivity contribution in [2.24, 2.45) is 7.05 Å². The zero-order valence-electron chi connectivity index (χ0n) is 16.6. The van der Waals surface area contributed by atoms with E-state index >= 15 is 0 Å². The van der Waals surface area contributed by atoms with Crippen LogP contribution < -0.4 is 5.32 Å². The van der Waals surface area contributed by atoms with Crippen molar-refractivity contribution in [3.8, 4) is 11.4 Å². The van der Waals surface area contributed by atoms with Crippen molar-refractivity contribution in [3.05, 3.63) is 33.7 Å². The maximum atomic E-state index is 13.0. The van der Waals surface area contributed by atoms with Gasteiger partial charge in [-0.3, -0.25) is 4.79 Å². The van der Waals surface area contributed by atoms with Crippen LogP contribution in [0.2, 0.25) is 0 Å². The van der Waals surface area contributed by atoms with Crippen LogP contribution in [0.1, 0.15) is 12.6 Å². The quantitative estimate of drug-likeness (QED) is 0.348. The molecule has 0 atom stereocenters. The third-order valence-electron chi connectivity index (χ3n) is 4.59. The molecule has 0 fully saturated rings. The lowest BCUT2D eigenvalue weighted by atomic mass is 10.2. The van der Waals surface area contributed by atoms with Crippen LogP contribution in [0.15, 0.2) is 29.3 Å². The first-order chi connectivity index (χ1) is 15.1. The van der Waals surface area contributed by atoms with Crippen LogP contribution in [0, 0.1) is 3.57 Å². The number of carbonyl (C=O) groups excluding carboxylic acids is 1. The molecule has 0 aliphatic rings. The smallest absolute Gasteiger partial charge is 0.326 e. The number of hydrogen-bond donors (Lipinski definition) is 1. The number of rotatable bonds is 4. The van der Waals surface area contributed by atoms with E-state index in [2.05, 4.69) is 9.97 Å². The summed E-state index contributed by atoms with van der Waals surface area (Å²) >= 11 is 1.60. The number of benzene rings is 1. The molecule has 2 heterocycles. The molecule has 1 amide bonds. The van der Waals surface area contributed by atoms with E-state index in [0.717, 1.165) is 12.3 Å². The van der Waals surface area contributed by atoms with Crippen molar-refractivity contribution >= 4 is 55.1 Å².